The quantitative estimate of drug-likeness (QED) is 0.583. The summed E-state index contributed by atoms with van der Waals surface area (Å²) >= 11 is 0. The monoisotopic (exact) mass is 196 g/mol. The molecule has 0 saturated carbocycles. The largest absolute Gasteiger partial charge is 0.387 e. The summed E-state index contributed by atoms with van der Waals surface area (Å²) in [6.45, 7) is 12.2. The molecule has 0 aromatic rings. The fraction of sp³-hybridized carbons (Fsp3) is 0.667. The molecule has 0 aromatic carbocycles. The number of allylic oxidation sites excluding steroid dienone is 2. The maximum atomic E-state index is 3.74. The van der Waals surface area contributed by atoms with Crippen molar-refractivity contribution in [1.82, 2.24) is 10.6 Å². The minimum atomic E-state index is 0.447. The molecule has 0 aliphatic heterocycles. The Morgan fingerprint density at radius 2 is 2.00 bits per heavy atom. The summed E-state index contributed by atoms with van der Waals surface area (Å²) < 4.78 is 0. The molecule has 0 saturated heterocycles. The van der Waals surface area contributed by atoms with Gasteiger partial charge in [-0.25, -0.2) is 0 Å². The summed E-state index contributed by atoms with van der Waals surface area (Å²) in [6.07, 6.45) is 6.27. The van der Waals surface area contributed by atoms with Gasteiger partial charge in [0, 0.05) is 18.3 Å². The molecule has 0 amide bonds. The lowest BCUT2D eigenvalue weighted by Gasteiger charge is -2.21. The fourth-order valence-electron chi connectivity index (χ4n) is 1.53. The number of hydrogen-bond donors (Lipinski definition) is 2. The molecule has 0 aliphatic carbocycles. The SMILES string of the molecule is C=CC=C(NCC)C(CCC)NCC. The van der Waals surface area contributed by atoms with Gasteiger partial charge in [0.15, 0.2) is 0 Å². The van der Waals surface area contributed by atoms with Crippen molar-refractivity contribution >= 4 is 0 Å². The maximum absolute atomic E-state index is 3.74. The van der Waals surface area contributed by atoms with Gasteiger partial charge in [0.25, 0.3) is 0 Å². The molecule has 82 valence electrons. The lowest BCUT2D eigenvalue weighted by Crippen LogP contribution is -2.36. The van der Waals surface area contributed by atoms with Crippen molar-refractivity contribution in [3.63, 3.8) is 0 Å². The summed E-state index contributed by atoms with van der Waals surface area (Å²) in [4.78, 5) is 0. The van der Waals surface area contributed by atoms with Gasteiger partial charge < -0.3 is 10.6 Å². The van der Waals surface area contributed by atoms with Crippen molar-refractivity contribution in [2.75, 3.05) is 13.1 Å². The van der Waals surface area contributed by atoms with Crippen LogP contribution in [0.2, 0.25) is 0 Å². The molecule has 0 spiro atoms. The van der Waals surface area contributed by atoms with Crippen LogP contribution in [-0.4, -0.2) is 19.1 Å². The van der Waals surface area contributed by atoms with E-state index in [1.807, 2.05) is 6.08 Å². The van der Waals surface area contributed by atoms with Crippen LogP contribution in [0.4, 0.5) is 0 Å². The zero-order valence-electron chi connectivity index (χ0n) is 9.77. The van der Waals surface area contributed by atoms with Crippen LogP contribution in [0.1, 0.15) is 33.6 Å². The normalized spacial score (nSPS) is 13.8. The Morgan fingerprint density at radius 1 is 1.29 bits per heavy atom. The minimum Gasteiger partial charge on any atom is -0.387 e. The van der Waals surface area contributed by atoms with Gasteiger partial charge in [-0.1, -0.05) is 32.9 Å². The van der Waals surface area contributed by atoms with Crippen LogP contribution in [0.15, 0.2) is 24.4 Å². The van der Waals surface area contributed by atoms with E-state index in [1.165, 1.54) is 18.5 Å². The molecule has 0 rings (SSSR count). The van der Waals surface area contributed by atoms with Gasteiger partial charge in [0.1, 0.15) is 0 Å². The van der Waals surface area contributed by atoms with E-state index in [0.29, 0.717) is 6.04 Å². The lowest BCUT2D eigenvalue weighted by molar-refractivity contribution is 0.516. The van der Waals surface area contributed by atoms with Crippen molar-refractivity contribution in [2.45, 2.75) is 39.7 Å². The Balaban J connectivity index is 4.36. The van der Waals surface area contributed by atoms with Gasteiger partial charge in [-0.2, -0.15) is 0 Å². The number of likely N-dealkylation sites (N-methyl/N-ethyl adjacent to an activating group) is 2. The Labute approximate surface area is 88.5 Å². The van der Waals surface area contributed by atoms with Crippen molar-refractivity contribution in [2.24, 2.45) is 0 Å². The summed E-state index contributed by atoms with van der Waals surface area (Å²) in [5.41, 5.74) is 1.26. The molecule has 0 heterocycles. The first kappa shape index (κ1) is 13.2. The van der Waals surface area contributed by atoms with Gasteiger partial charge in [0.2, 0.25) is 0 Å². The van der Waals surface area contributed by atoms with Crippen LogP contribution in [0, 0.1) is 0 Å². The first-order valence-electron chi connectivity index (χ1n) is 5.59. The van der Waals surface area contributed by atoms with E-state index in [1.54, 1.807) is 0 Å². The van der Waals surface area contributed by atoms with Crippen LogP contribution >= 0.6 is 0 Å². The van der Waals surface area contributed by atoms with E-state index in [4.69, 9.17) is 0 Å². The number of hydrogen-bond acceptors (Lipinski definition) is 2. The number of rotatable bonds is 8. The predicted molar refractivity (Wildman–Crippen MR) is 64.3 cm³/mol. The number of nitrogens with one attached hydrogen (secondary N) is 2. The molecule has 2 nitrogen and oxygen atoms in total. The smallest absolute Gasteiger partial charge is 0.0469 e. The van der Waals surface area contributed by atoms with Crippen LogP contribution < -0.4 is 10.6 Å². The van der Waals surface area contributed by atoms with Crippen molar-refractivity contribution < 1.29 is 0 Å². The molecule has 0 aliphatic rings. The molecule has 14 heavy (non-hydrogen) atoms. The second-order valence-electron chi connectivity index (χ2n) is 3.29. The van der Waals surface area contributed by atoms with E-state index < -0.39 is 0 Å². The molecule has 1 unspecified atom stereocenters. The summed E-state index contributed by atoms with van der Waals surface area (Å²) in [5.74, 6) is 0. The highest BCUT2D eigenvalue weighted by atomic mass is 15.0. The topological polar surface area (TPSA) is 24.1 Å². The van der Waals surface area contributed by atoms with Gasteiger partial charge in [-0.15, -0.1) is 0 Å². The van der Waals surface area contributed by atoms with Crippen LogP contribution in [0.25, 0.3) is 0 Å². The minimum absolute atomic E-state index is 0.447. The molecular weight excluding hydrogens is 172 g/mol. The lowest BCUT2D eigenvalue weighted by atomic mass is 10.1. The van der Waals surface area contributed by atoms with E-state index in [-0.39, 0.29) is 0 Å². The highest BCUT2D eigenvalue weighted by Gasteiger charge is 2.10. The van der Waals surface area contributed by atoms with E-state index in [9.17, 15) is 0 Å². The van der Waals surface area contributed by atoms with E-state index in [0.717, 1.165) is 13.1 Å². The second kappa shape index (κ2) is 8.82. The Hall–Kier alpha value is -0.760. The molecule has 0 fully saturated rings. The third-order valence-corrected chi connectivity index (χ3v) is 2.08. The summed E-state index contributed by atoms with van der Waals surface area (Å²) in [7, 11) is 0. The first-order chi connectivity index (χ1) is 6.79. The van der Waals surface area contributed by atoms with Gasteiger partial charge in [-0.3, -0.25) is 0 Å². The van der Waals surface area contributed by atoms with Crippen molar-refractivity contribution in [3.05, 3.63) is 24.4 Å². The fourth-order valence-corrected chi connectivity index (χ4v) is 1.53. The Bertz CT molecular complexity index is 167. The summed E-state index contributed by atoms with van der Waals surface area (Å²) in [5, 5.41) is 6.86. The van der Waals surface area contributed by atoms with Gasteiger partial charge >= 0.3 is 0 Å². The van der Waals surface area contributed by atoms with Gasteiger partial charge in [-0.05, 0) is 26.0 Å². The standard InChI is InChI=1S/C12H24N2/c1-5-9-11(13-7-3)12(10-6-2)14-8-4/h5,9,12-14H,1,6-8,10H2,2-4H3. The molecule has 0 radical (unpaired) electrons. The van der Waals surface area contributed by atoms with Crippen LogP contribution in [0.3, 0.4) is 0 Å². The maximum Gasteiger partial charge on any atom is 0.0469 e. The zero-order chi connectivity index (χ0) is 10.8. The van der Waals surface area contributed by atoms with Crippen LogP contribution in [0.5, 0.6) is 0 Å². The van der Waals surface area contributed by atoms with E-state index in [2.05, 4.69) is 44.1 Å². The third-order valence-electron chi connectivity index (χ3n) is 2.08. The second-order valence-corrected chi connectivity index (χ2v) is 3.29. The molecule has 0 aromatic heterocycles. The highest BCUT2D eigenvalue weighted by Crippen LogP contribution is 2.06. The average Bonchev–Trinajstić information content (AvgIpc) is 2.17. The first-order valence-corrected chi connectivity index (χ1v) is 5.59. The highest BCUT2D eigenvalue weighted by molar-refractivity contribution is 5.14. The van der Waals surface area contributed by atoms with Crippen LogP contribution in [-0.2, 0) is 0 Å². The molecule has 2 N–H and O–H groups in total. The molecular formula is C12H24N2. The molecule has 2 heteroatoms. The molecule has 0 bridgehead atoms. The molecule has 1 atom stereocenters. The average molecular weight is 196 g/mol. The summed E-state index contributed by atoms with van der Waals surface area (Å²) in [6, 6.07) is 0.447. The Kier molecular flexibility index (Phi) is 8.34. The Morgan fingerprint density at radius 3 is 2.43 bits per heavy atom. The van der Waals surface area contributed by atoms with Gasteiger partial charge in [0.05, 0.1) is 0 Å². The van der Waals surface area contributed by atoms with E-state index >= 15 is 0 Å². The van der Waals surface area contributed by atoms with Crippen molar-refractivity contribution in [1.29, 1.82) is 0 Å². The third kappa shape index (κ3) is 5.07. The predicted octanol–water partition coefficient (Wildman–Crippen LogP) is 2.44. The van der Waals surface area contributed by atoms with Crippen molar-refractivity contribution in [3.8, 4) is 0 Å². The zero-order valence-corrected chi connectivity index (χ0v) is 9.77.